The van der Waals surface area contributed by atoms with E-state index in [0.29, 0.717) is 6.04 Å². The largest absolute Gasteiger partial charge is 0.310 e. The Labute approximate surface area is 126 Å². The molecule has 1 unspecified atom stereocenters. The van der Waals surface area contributed by atoms with Gasteiger partial charge in [0, 0.05) is 16.7 Å². The van der Waals surface area contributed by atoms with E-state index in [2.05, 4.69) is 18.3 Å². The molecule has 0 aromatic heterocycles. The Morgan fingerprint density at radius 1 is 1.25 bits per heavy atom. The summed E-state index contributed by atoms with van der Waals surface area (Å²) in [6.07, 6.45) is 8.67. The van der Waals surface area contributed by atoms with Gasteiger partial charge in [-0.25, -0.2) is 4.39 Å². The van der Waals surface area contributed by atoms with E-state index >= 15 is 0 Å². The summed E-state index contributed by atoms with van der Waals surface area (Å²) in [5, 5.41) is 3.66. The standard InChI is InChI=1S/C17H24FNS/c1-2-12-19-17(14-6-4-3-5-7-14)13-20-16-10-8-15(18)9-11-16/h6,8-11,17,19H,2-5,7,12-13H2,1H3. The highest BCUT2D eigenvalue weighted by Gasteiger charge is 2.15. The van der Waals surface area contributed by atoms with Crippen LogP contribution in [-0.4, -0.2) is 18.3 Å². The van der Waals surface area contributed by atoms with Crippen molar-refractivity contribution in [1.82, 2.24) is 5.32 Å². The summed E-state index contributed by atoms with van der Waals surface area (Å²) in [7, 11) is 0. The lowest BCUT2D eigenvalue weighted by Gasteiger charge is -2.24. The molecule has 3 heteroatoms. The fraction of sp³-hybridized carbons (Fsp3) is 0.529. The van der Waals surface area contributed by atoms with Crippen LogP contribution < -0.4 is 5.32 Å². The first-order chi connectivity index (χ1) is 9.79. The number of rotatable bonds is 7. The van der Waals surface area contributed by atoms with Crippen molar-refractivity contribution >= 4 is 11.8 Å². The predicted molar refractivity (Wildman–Crippen MR) is 85.8 cm³/mol. The number of benzene rings is 1. The van der Waals surface area contributed by atoms with Crippen LogP contribution >= 0.6 is 11.8 Å². The Morgan fingerprint density at radius 2 is 2.05 bits per heavy atom. The van der Waals surface area contributed by atoms with Gasteiger partial charge >= 0.3 is 0 Å². The summed E-state index contributed by atoms with van der Waals surface area (Å²) in [5.41, 5.74) is 1.57. The smallest absolute Gasteiger partial charge is 0.123 e. The molecule has 0 heterocycles. The fourth-order valence-electron chi connectivity index (χ4n) is 2.51. The normalized spacial score (nSPS) is 16.8. The van der Waals surface area contributed by atoms with Gasteiger partial charge < -0.3 is 5.32 Å². The molecule has 20 heavy (non-hydrogen) atoms. The molecule has 1 aromatic rings. The molecular formula is C17H24FNS. The minimum Gasteiger partial charge on any atom is -0.310 e. The van der Waals surface area contributed by atoms with Crippen LogP contribution in [0.15, 0.2) is 40.8 Å². The van der Waals surface area contributed by atoms with Crippen LogP contribution in [0.1, 0.15) is 39.0 Å². The van der Waals surface area contributed by atoms with Crippen LogP contribution in [-0.2, 0) is 0 Å². The van der Waals surface area contributed by atoms with E-state index in [1.165, 1.54) is 37.8 Å². The summed E-state index contributed by atoms with van der Waals surface area (Å²) < 4.78 is 12.9. The molecule has 1 atom stereocenters. The number of hydrogen-bond donors (Lipinski definition) is 1. The minimum atomic E-state index is -0.162. The lowest BCUT2D eigenvalue weighted by Crippen LogP contribution is -2.34. The molecule has 1 aliphatic carbocycles. The van der Waals surface area contributed by atoms with Gasteiger partial charge in [0.1, 0.15) is 5.82 Å². The highest BCUT2D eigenvalue weighted by atomic mass is 32.2. The van der Waals surface area contributed by atoms with Crippen molar-refractivity contribution in [3.63, 3.8) is 0 Å². The van der Waals surface area contributed by atoms with Gasteiger partial charge in [0.15, 0.2) is 0 Å². The molecule has 0 bridgehead atoms. The lowest BCUT2D eigenvalue weighted by molar-refractivity contribution is 0.562. The molecule has 1 aromatic carbocycles. The third kappa shape index (κ3) is 4.95. The molecule has 0 saturated carbocycles. The molecule has 2 rings (SSSR count). The maximum atomic E-state index is 12.9. The molecular weight excluding hydrogens is 269 g/mol. The third-order valence-corrected chi connectivity index (χ3v) is 4.75. The van der Waals surface area contributed by atoms with Gasteiger partial charge in [0.2, 0.25) is 0 Å². The summed E-state index contributed by atoms with van der Waals surface area (Å²) in [5.74, 6) is 0.863. The molecule has 0 radical (unpaired) electrons. The van der Waals surface area contributed by atoms with Crippen LogP contribution in [0.3, 0.4) is 0 Å². The van der Waals surface area contributed by atoms with Crippen LogP contribution in [0.25, 0.3) is 0 Å². The number of allylic oxidation sites excluding steroid dienone is 1. The Balaban J connectivity index is 1.92. The van der Waals surface area contributed by atoms with Crippen molar-refractivity contribution in [1.29, 1.82) is 0 Å². The molecule has 110 valence electrons. The minimum absolute atomic E-state index is 0.162. The maximum absolute atomic E-state index is 12.9. The van der Waals surface area contributed by atoms with Gasteiger partial charge in [-0.1, -0.05) is 18.6 Å². The van der Waals surface area contributed by atoms with Crippen molar-refractivity contribution < 1.29 is 4.39 Å². The first-order valence-electron chi connectivity index (χ1n) is 7.60. The summed E-state index contributed by atoms with van der Waals surface area (Å²) in [6, 6.07) is 7.27. The van der Waals surface area contributed by atoms with Gasteiger partial charge in [-0.05, 0) is 62.9 Å². The highest BCUT2D eigenvalue weighted by Crippen LogP contribution is 2.25. The average molecular weight is 293 g/mol. The number of thioether (sulfide) groups is 1. The van der Waals surface area contributed by atoms with Gasteiger partial charge in [-0.2, -0.15) is 0 Å². The quantitative estimate of drug-likeness (QED) is 0.573. The second-order valence-electron chi connectivity index (χ2n) is 5.30. The van der Waals surface area contributed by atoms with Gasteiger partial charge in [-0.15, -0.1) is 11.8 Å². The lowest BCUT2D eigenvalue weighted by atomic mass is 9.94. The van der Waals surface area contributed by atoms with E-state index in [0.717, 1.165) is 23.6 Å². The van der Waals surface area contributed by atoms with Crippen LogP contribution in [0, 0.1) is 5.82 Å². The van der Waals surface area contributed by atoms with Crippen molar-refractivity contribution in [2.24, 2.45) is 0 Å². The number of nitrogens with one attached hydrogen (secondary N) is 1. The predicted octanol–water partition coefficient (Wildman–Crippen LogP) is 4.79. The topological polar surface area (TPSA) is 12.0 Å². The average Bonchev–Trinajstić information content (AvgIpc) is 2.50. The number of hydrogen-bond acceptors (Lipinski definition) is 2. The van der Waals surface area contributed by atoms with E-state index < -0.39 is 0 Å². The second-order valence-corrected chi connectivity index (χ2v) is 6.39. The number of halogens is 1. The van der Waals surface area contributed by atoms with E-state index in [1.807, 2.05) is 23.9 Å². The zero-order valence-electron chi connectivity index (χ0n) is 12.2. The molecule has 1 aliphatic rings. The SMILES string of the molecule is CCCNC(CSc1ccc(F)cc1)C1=CCCCC1. The van der Waals surface area contributed by atoms with Crippen LogP contribution in [0.2, 0.25) is 0 Å². The van der Waals surface area contributed by atoms with E-state index in [9.17, 15) is 4.39 Å². The Kier molecular flexibility index (Phi) is 6.61. The molecule has 1 nitrogen and oxygen atoms in total. The summed E-state index contributed by atoms with van der Waals surface area (Å²) in [6.45, 7) is 3.26. The van der Waals surface area contributed by atoms with E-state index in [-0.39, 0.29) is 5.82 Å². The Hall–Kier alpha value is -0.800. The monoisotopic (exact) mass is 293 g/mol. The maximum Gasteiger partial charge on any atom is 0.123 e. The molecule has 1 N–H and O–H groups in total. The first-order valence-corrected chi connectivity index (χ1v) is 8.59. The zero-order valence-corrected chi connectivity index (χ0v) is 13.0. The highest BCUT2D eigenvalue weighted by molar-refractivity contribution is 7.99. The van der Waals surface area contributed by atoms with Crippen molar-refractivity contribution in [3.05, 3.63) is 41.7 Å². The molecule has 0 spiro atoms. The first kappa shape index (κ1) is 15.6. The summed E-state index contributed by atoms with van der Waals surface area (Å²) >= 11 is 1.81. The van der Waals surface area contributed by atoms with Crippen molar-refractivity contribution in [2.75, 3.05) is 12.3 Å². The van der Waals surface area contributed by atoms with Crippen molar-refractivity contribution in [3.8, 4) is 0 Å². The van der Waals surface area contributed by atoms with E-state index in [1.54, 1.807) is 5.57 Å². The zero-order chi connectivity index (χ0) is 14.2. The summed E-state index contributed by atoms with van der Waals surface area (Å²) in [4.78, 5) is 1.14. The Bertz CT molecular complexity index is 427. The van der Waals surface area contributed by atoms with Crippen molar-refractivity contribution in [2.45, 2.75) is 50.0 Å². The third-order valence-electron chi connectivity index (χ3n) is 3.64. The van der Waals surface area contributed by atoms with Crippen LogP contribution in [0.4, 0.5) is 4.39 Å². The van der Waals surface area contributed by atoms with Gasteiger partial charge in [-0.3, -0.25) is 0 Å². The Morgan fingerprint density at radius 3 is 2.70 bits per heavy atom. The second kappa shape index (κ2) is 8.48. The molecule has 0 saturated heterocycles. The van der Waals surface area contributed by atoms with E-state index in [4.69, 9.17) is 0 Å². The van der Waals surface area contributed by atoms with Crippen LogP contribution in [0.5, 0.6) is 0 Å². The molecule has 0 fully saturated rings. The fourth-order valence-corrected chi connectivity index (χ4v) is 3.53. The van der Waals surface area contributed by atoms with Gasteiger partial charge in [0.25, 0.3) is 0 Å². The van der Waals surface area contributed by atoms with Gasteiger partial charge in [0.05, 0.1) is 0 Å². The molecule has 0 aliphatic heterocycles. The molecule has 0 amide bonds.